The number of hydrogen-bond acceptors (Lipinski definition) is 4. The normalized spacial score (nSPS) is 12.3. The van der Waals surface area contributed by atoms with Crippen LogP contribution in [0.4, 0.5) is 0 Å². The number of aliphatic hydroxyl groups is 1. The number of aromatic nitrogens is 2. The molecular weight excluding hydrogens is 266 g/mol. The minimum Gasteiger partial charge on any atom is -0.490 e. The summed E-state index contributed by atoms with van der Waals surface area (Å²) in [5.74, 6) is 0.869. The molecule has 5 heteroatoms. The zero-order valence-corrected chi connectivity index (χ0v) is 12.6. The van der Waals surface area contributed by atoms with Crippen molar-refractivity contribution in [1.29, 1.82) is 0 Å². The van der Waals surface area contributed by atoms with E-state index in [1.54, 1.807) is 6.20 Å². The van der Waals surface area contributed by atoms with E-state index < -0.39 is 6.10 Å². The van der Waals surface area contributed by atoms with Crippen LogP contribution in [0.15, 0.2) is 36.7 Å². The highest BCUT2D eigenvalue weighted by Crippen LogP contribution is 2.22. The molecule has 0 saturated heterocycles. The van der Waals surface area contributed by atoms with Gasteiger partial charge in [-0.25, -0.2) is 0 Å². The number of benzene rings is 1. The van der Waals surface area contributed by atoms with E-state index in [1.807, 2.05) is 49.0 Å². The van der Waals surface area contributed by atoms with Crippen molar-refractivity contribution in [2.75, 3.05) is 19.7 Å². The molecule has 0 spiro atoms. The maximum Gasteiger partial charge on any atom is 0.125 e. The first-order valence-corrected chi connectivity index (χ1v) is 7.22. The Morgan fingerprint density at radius 1 is 1.29 bits per heavy atom. The van der Waals surface area contributed by atoms with Gasteiger partial charge in [0.25, 0.3) is 0 Å². The lowest BCUT2D eigenvalue weighted by Gasteiger charge is -2.16. The maximum absolute atomic E-state index is 9.94. The summed E-state index contributed by atoms with van der Waals surface area (Å²) in [6, 6.07) is 7.92. The Morgan fingerprint density at radius 3 is 2.71 bits per heavy atom. The van der Waals surface area contributed by atoms with E-state index in [9.17, 15) is 5.11 Å². The van der Waals surface area contributed by atoms with Crippen LogP contribution in [0.5, 0.6) is 5.75 Å². The fourth-order valence-corrected chi connectivity index (χ4v) is 2.16. The van der Waals surface area contributed by atoms with Gasteiger partial charge in [0.15, 0.2) is 0 Å². The Kier molecular flexibility index (Phi) is 5.78. The molecule has 1 atom stereocenters. The smallest absolute Gasteiger partial charge is 0.125 e. The Bertz CT molecular complexity index is 520. The molecule has 2 N–H and O–H groups in total. The second kappa shape index (κ2) is 7.81. The van der Waals surface area contributed by atoms with E-state index in [2.05, 4.69) is 10.4 Å². The minimum absolute atomic E-state index is 0.292. The van der Waals surface area contributed by atoms with Crippen LogP contribution in [0.1, 0.15) is 11.1 Å². The largest absolute Gasteiger partial charge is 0.490 e. The molecule has 1 heterocycles. The summed E-state index contributed by atoms with van der Waals surface area (Å²) in [4.78, 5) is 0. The van der Waals surface area contributed by atoms with E-state index in [4.69, 9.17) is 4.74 Å². The Hall–Kier alpha value is -1.85. The first-order chi connectivity index (χ1) is 10.2. The summed E-state index contributed by atoms with van der Waals surface area (Å²) in [6.07, 6.45) is 3.15. The van der Waals surface area contributed by atoms with Gasteiger partial charge in [-0.1, -0.05) is 18.2 Å². The number of nitrogens with one attached hydrogen (secondary N) is 1. The molecule has 0 aliphatic rings. The standard InChI is InChI=1S/C16H23N3O2/c1-13-5-3-6-14(2)16(13)21-12-15(20)11-17-8-10-19-9-4-7-18-19/h3-7,9,15,17,20H,8,10-12H2,1-2H3. The van der Waals surface area contributed by atoms with Gasteiger partial charge in [0.05, 0.1) is 6.54 Å². The molecule has 114 valence electrons. The molecule has 0 saturated carbocycles. The fourth-order valence-electron chi connectivity index (χ4n) is 2.16. The highest BCUT2D eigenvalue weighted by Gasteiger charge is 2.08. The third kappa shape index (κ3) is 4.88. The predicted molar refractivity (Wildman–Crippen MR) is 82.5 cm³/mol. The minimum atomic E-state index is -0.526. The first-order valence-electron chi connectivity index (χ1n) is 7.22. The summed E-state index contributed by atoms with van der Waals surface area (Å²) in [6.45, 7) is 6.38. The van der Waals surface area contributed by atoms with E-state index in [0.717, 1.165) is 30.0 Å². The van der Waals surface area contributed by atoms with Crippen LogP contribution in [-0.4, -0.2) is 40.7 Å². The van der Waals surface area contributed by atoms with Gasteiger partial charge in [-0.05, 0) is 31.0 Å². The molecular formula is C16H23N3O2. The Balaban J connectivity index is 1.66. The van der Waals surface area contributed by atoms with Crippen molar-refractivity contribution in [3.63, 3.8) is 0 Å². The molecule has 1 unspecified atom stereocenters. The van der Waals surface area contributed by atoms with Crippen LogP contribution in [0, 0.1) is 13.8 Å². The lowest BCUT2D eigenvalue weighted by Crippen LogP contribution is -2.33. The van der Waals surface area contributed by atoms with Crippen molar-refractivity contribution in [3.8, 4) is 5.75 Å². The highest BCUT2D eigenvalue weighted by molar-refractivity contribution is 5.39. The number of aryl methyl sites for hydroxylation is 2. The third-order valence-corrected chi connectivity index (χ3v) is 3.29. The molecule has 0 amide bonds. The van der Waals surface area contributed by atoms with E-state index >= 15 is 0 Å². The van der Waals surface area contributed by atoms with Gasteiger partial charge >= 0.3 is 0 Å². The van der Waals surface area contributed by atoms with Crippen molar-refractivity contribution in [2.24, 2.45) is 0 Å². The van der Waals surface area contributed by atoms with Crippen molar-refractivity contribution < 1.29 is 9.84 Å². The molecule has 0 radical (unpaired) electrons. The lowest BCUT2D eigenvalue weighted by molar-refractivity contribution is 0.105. The van der Waals surface area contributed by atoms with E-state index in [1.165, 1.54) is 0 Å². The van der Waals surface area contributed by atoms with Crippen molar-refractivity contribution in [1.82, 2.24) is 15.1 Å². The molecule has 0 aliphatic heterocycles. The third-order valence-electron chi connectivity index (χ3n) is 3.29. The predicted octanol–water partition coefficient (Wildman–Crippen LogP) is 1.53. The zero-order valence-electron chi connectivity index (χ0n) is 12.6. The number of ether oxygens (including phenoxy) is 1. The molecule has 0 bridgehead atoms. The zero-order chi connectivity index (χ0) is 15.1. The van der Waals surface area contributed by atoms with Gasteiger partial charge in [0, 0.05) is 25.5 Å². The summed E-state index contributed by atoms with van der Waals surface area (Å²) in [5, 5.41) is 17.3. The van der Waals surface area contributed by atoms with Crippen LogP contribution in [0.25, 0.3) is 0 Å². The first kappa shape index (κ1) is 15.5. The van der Waals surface area contributed by atoms with Crippen molar-refractivity contribution in [2.45, 2.75) is 26.5 Å². The van der Waals surface area contributed by atoms with E-state index in [0.29, 0.717) is 13.2 Å². The highest BCUT2D eigenvalue weighted by atomic mass is 16.5. The average Bonchev–Trinajstić information content (AvgIpc) is 2.96. The van der Waals surface area contributed by atoms with Crippen LogP contribution < -0.4 is 10.1 Å². The second-order valence-electron chi connectivity index (χ2n) is 5.16. The summed E-state index contributed by atoms with van der Waals surface area (Å²) in [5.41, 5.74) is 2.18. The van der Waals surface area contributed by atoms with Crippen LogP contribution in [-0.2, 0) is 6.54 Å². The molecule has 0 fully saturated rings. The summed E-state index contributed by atoms with van der Waals surface area (Å²) in [7, 11) is 0. The molecule has 0 aliphatic carbocycles. The fraction of sp³-hybridized carbons (Fsp3) is 0.438. The number of para-hydroxylation sites is 1. The van der Waals surface area contributed by atoms with Gasteiger partial charge in [-0.2, -0.15) is 5.10 Å². The van der Waals surface area contributed by atoms with Gasteiger partial charge in [0.1, 0.15) is 18.5 Å². The molecule has 5 nitrogen and oxygen atoms in total. The summed E-state index contributed by atoms with van der Waals surface area (Å²) < 4.78 is 7.58. The molecule has 2 rings (SSSR count). The maximum atomic E-state index is 9.94. The quantitative estimate of drug-likeness (QED) is 0.724. The number of nitrogens with zero attached hydrogens (tertiary/aromatic N) is 2. The van der Waals surface area contributed by atoms with Gasteiger partial charge in [-0.15, -0.1) is 0 Å². The Labute approximate surface area is 125 Å². The molecule has 21 heavy (non-hydrogen) atoms. The van der Waals surface area contributed by atoms with Crippen LogP contribution in [0.3, 0.4) is 0 Å². The number of aliphatic hydroxyl groups excluding tert-OH is 1. The van der Waals surface area contributed by atoms with Gasteiger partial charge in [0.2, 0.25) is 0 Å². The molecule has 2 aromatic rings. The van der Waals surface area contributed by atoms with Crippen LogP contribution in [0.2, 0.25) is 0 Å². The lowest BCUT2D eigenvalue weighted by atomic mass is 10.1. The second-order valence-corrected chi connectivity index (χ2v) is 5.16. The van der Waals surface area contributed by atoms with Gasteiger partial charge < -0.3 is 15.2 Å². The topological polar surface area (TPSA) is 59.3 Å². The van der Waals surface area contributed by atoms with Crippen LogP contribution >= 0.6 is 0 Å². The number of hydrogen-bond donors (Lipinski definition) is 2. The van der Waals surface area contributed by atoms with Crippen molar-refractivity contribution >= 4 is 0 Å². The van der Waals surface area contributed by atoms with Gasteiger partial charge in [-0.3, -0.25) is 4.68 Å². The molecule has 1 aromatic carbocycles. The summed E-state index contributed by atoms with van der Waals surface area (Å²) >= 11 is 0. The molecule has 1 aromatic heterocycles. The van der Waals surface area contributed by atoms with E-state index in [-0.39, 0.29) is 0 Å². The average molecular weight is 289 g/mol. The monoisotopic (exact) mass is 289 g/mol. The number of rotatable bonds is 8. The Morgan fingerprint density at radius 2 is 2.05 bits per heavy atom. The SMILES string of the molecule is Cc1cccc(C)c1OCC(O)CNCCn1cccn1. The van der Waals surface area contributed by atoms with Crippen molar-refractivity contribution in [3.05, 3.63) is 47.8 Å².